The number of hydrogen-bond acceptors (Lipinski definition) is 4. The fourth-order valence-electron chi connectivity index (χ4n) is 2.18. The van der Waals surface area contributed by atoms with Crippen molar-refractivity contribution in [2.45, 2.75) is 20.8 Å². The third-order valence-electron chi connectivity index (χ3n) is 3.03. The average molecular weight is 295 g/mol. The van der Waals surface area contributed by atoms with Crippen LogP contribution in [-0.2, 0) is 0 Å². The second-order valence-corrected chi connectivity index (χ2v) is 4.97. The summed E-state index contributed by atoms with van der Waals surface area (Å²) < 4.78 is 10.9. The van der Waals surface area contributed by atoms with Gasteiger partial charge in [-0.2, -0.15) is 5.26 Å². The third-order valence-corrected chi connectivity index (χ3v) is 3.03. The number of carbonyl (C=O) groups excluding carboxylic acids is 1. The van der Waals surface area contributed by atoms with Crippen molar-refractivity contribution >= 4 is 5.97 Å². The number of aryl methyl sites for hydroxylation is 2. The molecule has 4 heteroatoms. The Hall–Kier alpha value is -2.80. The highest BCUT2D eigenvalue weighted by molar-refractivity contribution is 5.91. The van der Waals surface area contributed by atoms with Gasteiger partial charge in [0.2, 0.25) is 0 Å². The predicted molar refractivity (Wildman–Crippen MR) is 83.2 cm³/mol. The molecule has 0 fully saturated rings. The Bertz CT molecular complexity index is 724. The summed E-state index contributed by atoms with van der Waals surface area (Å²) in [6.45, 7) is 6.10. The highest BCUT2D eigenvalue weighted by atomic mass is 16.6. The van der Waals surface area contributed by atoms with E-state index >= 15 is 0 Å². The number of rotatable bonds is 4. The first-order chi connectivity index (χ1) is 10.5. The van der Waals surface area contributed by atoms with Crippen LogP contribution in [0.3, 0.4) is 0 Å². The molecule has 0 unspecified atom stereocenters. The van der Waals surface area contributed by atoms with Crippen LogP contribution in [0.25, 0.3) is 0 Å². The third kappa shape index (κ3) is 3.64. The number of nitriles is 1. The molecule has 0 aromatic heterocycles. The van der Waals surface area contributed by atoms with Crippen LogP contribution < -0.4 is 9.47 Å². The van der Waals surface area contributed by atoms with E-state index in [1.807, 2.05) is 32.9 Å². The molecule has 0 atom stereocenters. The van der Waals surface area contributed by atoms with Gasteiger partial charge in [0, 0.05) is 6.07 Å². The average Bonchev–Trinajstić information content (AvgIpc) is 2.48. The Labute approximate surface area is 129 Å². The molecule has 0 aliphatic heterocycles. The summed E-state index contributed by atoms with van der Waals surface area (Å²) in [4.78, 5) is 12.3. The van der Waals surface area contributed by atoms with Crippen molar-refractivity contribution in [1.82, 2.24) is 0 Å². The SMILES string of the molecule is CCOc1cc(C#N)ccc1OC(=O)c1cc(C)cc(C)c1. The maximum atomic E-state index is 12.3. The highest BCUT2D eigenvalue weighted by Gasteiger charge is 2.14. The molecule has 0 aliphatic rings. The Morgan fingerprint density at radius 3 is 2.36 bits per heavy atom. The van der Waals surface area contributed by atoms with Gasteiger partial charge in [-0.05, 0) is 45.0 Å². The van der Waals surface area contributed by atoms with Crippen LogP contribution in [0.1, 0.15) is 34.0 Å². The molecule has 2 rings (SSSR count). The Morgan fingerprint density at radius 2 is 1.77 bits per heavy atom. The number of nitrogens with zero attached hydrogens (tertiary/aromatic N) is 1. The molecule has 2 aromatic rings. The normalized spacial score (nSPS) is 9.91. The van der Waals surface area contributed by atoms with E-state index in [2.05, 4.69) is 0 Å². The molecule has 0 amide bonds. The zero-order valence-corrected chi connectivity index (χ0v) is 12.8. The minimum Gasteiger partial charge on any atom is -0.490 e. The van der Waals surface area contributed by atoms with E-state index in [4.69, 9.17) is 14.7 Å². The van der Waals surface area contributed by atoms with E-state index < -0.39 is 5.97 Å². The van der Waals surface area contributed by atoms with Crippen LogP contribution in [0.15, 0.2) is 36.4 Å². The van der Waals surface area contributed by atoms with Crippen molar-refractivity contribution in [3.05, 3.63) is 58.7 Å². The molecule has 0 heterocycles. The molecule has 0 saturated heterocycles. The van der Waals surface area contributed by atoms with E-state index in [1.165, 1.54) is 0 Å². The van der Waals surface area contributed by atoms with Gasteiger partial charge in [-0.25, -0.2) is 4.79 Å². The van der Waals surface area contributed by atoms with Crippen molar-refractivity contribution < 1.29 is 14.3 Å². The monoisotopic (exact) mass is 295 g/mol. The van der Waals surface area contributed by atoms with Gasteiger partial charge in [0.05, 0.1) is 23.8 Å². The summed E-state index contributed by atoms with van der Waals surface area (Å²) in [7, 11) is 0. The van der Waals surface area contributed by atoms with Gasteiger partial charge < -0.3 is 9.47 Å². The second kappa shape index (κ2) is 6.77. The standard InChI is InChI=1S/C18H17NO3/c1-4-21-17-10-14(11-19)5-6-16(17)22-18(20)15-8-12(2)7-13(3)9-15/h5-10H,4H2,1-3H3. The van der Waals surface area contributed by atoms with E-state index in [-0.39, 0.29) is 0 Å². The van der Waals surface area contributed by atoms with Gasteiger partial charge >= 0.3 is 5.97 Å². The summed E-state index contributed by atoms with van der Waals surface area (Å²) in [5.41, 5.74) is 2.94. The molecule has 0 N–H and O–H groups in total. The molecule has 0 saturated carbocycles. The van der Waals surface area contributed by atoms with Crippen LogP contribution in [0.2, 0.25) is 0 Å². The Balaban J connectivity index is 2.29. The maximum Gasteiger partial charge on any atom is 0.343 e. The van der Waals surface area contributed by atoms with Crippen molar-refractivity contribution in [2.24, 2.45) is 0 Å². The molecule has 2 aromatic carbocycles. The lowest BCUT2D eigenvalue weighted by molar-refractivity contribution is 0.0728. The van der Waals surface area contributed by atoms with Crippen LogP contribution in [0, 0.1) is 25.2 Å². The lowest BCUT2D eigenvalue weighted by Crippen LogP contribution is -2.10. The quantitative estimate of drug-likeness (QED) is 0.636. The number of benzene rings is 2. The minimum absolute atomic E-state index is 0.310. The van der Waals surface area contributed by atoms with E-state index in [9.17, 15) is 4.79 Å². The maximum absolute atomic E-state index is 12.3. The largest absolute Gasteiger partial charge is 0.490 e. The zero-order chi connectivity index (χ0) is 16.1. The number of esters is 1. The molecule has 0 spiro atoms. The fraction of sp³-hybridized carbons (Fsp3) is 0.222. The molecule has 0 aliphatic carbocycles. The van der Waals surface area contributed by atoms with E-state index in [0.29, 0.717) is 29.2 Å². The van der Waals surface area contributed by atoms with Gasteiger partial charge in [0.1, 0.15) is 0 Å². The van der Waals surface area contributed by atoms with E-state index in [1.54, 1.807) is 30.3 Å². The zero-order valence-electron chi connectivity index (χ0n) is 12.8. The van der Waals surface area contributed by atoms with Gasteiger partial charge in [0.25, 0.3) is 0 Å². The molecule has 112 valence electrons. The van der Waals surface area contributed by atoms with Gasteiger partial charge in [0.15, 0.2) is 11.5 Å². The van der Waals surface area contributed by atoms with Crippen LogP contribution >= 0.6 is 0 Å². The molecular weight excluding hydrogens is 278 g/mol. The van der Waals surface area contributed by atoms with Crippen LogP contribution in [0.5, 0.6) is 11.5 Å². The molecule has 22 heavy (non-hydrogen) atoms. The number of hydrogen-bond donors (Lipinski definition) is 0. The first kappa shape index (κ1) is 15.6. The van der Waals surface area contributed by atoms with Gasteiger partial charge in [-0.15, -0.1) is 0 Å². The minimum atomic E-state index is -0.447. The molecular formula is C18H17NO3. The number of ether oxygens (including phenoxy) is 2. The summed E-state index contributed by atoms with van der Waals surface area (Å²) in [5.74, 6) is 0.252. The smallest absolute Gasteiger partial charge is 0.343 e. The van der Waals surface area contributed by atoms with Crippen molar-refractivity contribution in [3.63, 3.8) is 0 Å². The molecule has 0 bridgehead atoms. The lowest BCUT2D eigenvalue weighted by Gasteiger charge is -2.11. The predicted octanol–water partition coefficient (Wildman–Crippen LogP) is 3.79. The Kier molecular flexibility index (Phi) is 4.80. The summed E-state index contributed by atoms with van der Waals surface area (Å²) in [5, 5.41) is 8.93. The van der Waals surface area contributed by atoms with Crippen LogP contribution in [0.4, 0.5) is 0 Å². The first-order valence-electron chi connectivity index (χ1n) is 7.01. The van der Waals surface area contributed by atoms with E-state index in [0.717, 1.165) is 11.1 Å². The molecule has 0 radical (unpaired) electrons. The lowest BCUT2D eigenvalue weighted by atomic mass is 10.1. The van der Waals surface area contributed by atoms with Gasteiger partial charge in [-0.3, -0.25) is 0 Å². The second-order valence-electron chi connectivity index (χ2n) is 4.97. The van der Waals surface area contributed by atoms with Crippen molar-refractivity contribution in [2.75, 3.05) is 6.61 Å². The summed E-state index contributed by atoms with van der Waals surface area (Å²) in [6, 6.07) is 12.3. The van der Waals surface area contributed by atoms with Crippen LogP contribution in [-0.4, -0.2) is 12.6 Å². The van der Waals surface area contributed by atoms with Crippen molar-refractivity contribution in [1.29, 1.82) is 5.26 Å². The summed E-state index contributed by atoms with van der Waals surface area (Å²) >= 11 is 0. The topological polar surface area (TPSA) is 59.3 Å². The molecule has 4 nitrogen and oxygen atoms in total. The Morgan fingerprint density at radius 1 is 1.09 bits per heavy atom. The fourth-order valence-corrected chi connectivity index (χ4v) is 2.18. The first-order valence-corrected chi connectivity index (χ1v) is 7.01. The highest BCUT2D eigenvalue weighted by Crippen LogP contribution is 2.29. The summed E-state index contributed by atoms with van der Waals surface area (Å²) in [6.07, 6.45) is 0. The van der Waals surface area contributed by atoms with Crippen molar-refractivity contribution in [3.8, 4) is 17.6 Å². The van der Waals surface area contributed by atoms with Gasteiger partial charge in [-0.1, -0.05) is 17.2 Å². The number of carbonyl (C=O) groups is 1.